The van der Waals surface area contributed by atoms with Gasteiger partial charge in [-0.3, -0.25) is 0 Å². The highest BCUT2D eigenvalue weighted by Crippen LogP contribution is 2.11. The van der Waals surface area contributed by atoms with Crippen LogP contribution < -0.4 is 5.73 Å². The fourth-order valence-electron chi connectivity index (χ4n) is 1.31. The smallest absolute Gasteiger partial charge is 0.340 e. The maximum absolute atomic E-state index is 11.6. The van der Waals surface area contributed by atoms with E-state index >= 15 is 0 Å². The Bertz CT molecular complexity index is 351. The molecule has 1 rings (SSSR count). The van der Waals surface area contributed by atoms with Gasteiger partial charge in [0.05, 0.1) is 12.2 Å². The maximum atomic E-state index is 11.6. The Morgan fingerprint density at radius 1 is 1.38 bits per heavy atom. The van der Waals surface area contributed by atoms with E-state index in [9.17, 15) is 4.79 Å². The third-order valence-electron chi connectivity index (χ3n) is 2.16. The van der Waals surface area contributed by atoms with Gasteiger partial charge in [-0.1, -0.05) is 12.1 Å². The molecule has 0 atom stereocenters. The van der Waals surface area contributed by atoms with E-state index in [1.54, 1.807) is 24.3 Å². The minimum absolute atomic E-state index is 0.350. The minimum Gasteiger partial charge on any atom is -0.462 e. The number of esters is 1. The number of para-hydroxylation sites is 1. The Balaban J connectivity index is 2.39. The van der Waals surface area contributed by atoms with E-state index in [0.717, 1.165) is 13.0 Å². The van der Waals surface area contributed by atoms with E-state index in [0.29, 0.717) is 17.9 Å². The fraction of sp³-hybridized carbons (Fsp3) is 0.417. The monoisotopic (exact) mass is 222 g/mol. The van der Waals surface area contributed by atoms with Crippen molar-refractivity contribution in [3.8, 4) is 0 Å². The van der Waals surface area contributed by atoms with Gasteiger partial charge in [0.15, 0.2) is 0 Å². The summed E-state index contributed by atoms with van der Waals surface area (Å²) in [7, 11) is 3.97. The molecule has 4 heteroatoms. The molecule has 0 amide bonds. The van der Waals surface area contributed by atoms with Crippen LogP contribution >= 0.6 is 0 Å². The Morgan fingerprint density at radius 2 is 2.06 bits per heavy atom. The zero-order chi connectivity index (χ0) is 12.0. The molecule has 0 aliphatic rings. The summed E-state index contributed by atoms with van der Waals surface area (Å²) in [6.45, 7) is 1.32. The number of carbonyl (C=O) groups is 1. The molecule has 0 aliphatic carbocycles. The Labute approximate surface area is 96.0 Å². The summed E-state index contributed by atoms with van der Waals surface area (Å²) >= 11 is 0. The van der Waals surface area contributed by atoms with Gasteiger partial charge in [0.2, 0.25) is 0 Å². The number of nitrogens with two attached hydrogens (primary N) is 1. The molecule has 1 aromatic carbocycles. The van der Waals surface area contributed by atoms with Crippen LogP contribution in [0.3, 0.4) is 0 Å². The fourth-order valence-corrected chi connectivity index (χ4v) is 1.31. The summed E-state index contributed by atoms with van der Waals surface area (Å²) in [6, 6.07) is 6.92. The largest absolute Gasteiger partial charge is 0.462 e. The number of carbonyl (C=O) groups excluding carboxylic acids is 1. The minimum atomic E-state index is -0.350. The predicted molar refractivity (Wildman–Crippen MR) is 64.3 cm³/mol. The SMILES string of the molecule is CN(C)CCCOC(=O)c1ccccc1N. The highest BCUT2D eigenvalue weighted by molar-refractivity contribution is 5.94. The predicted octanol–water partition coefficient (Wildman–Crippen LogP) is 1.38. The molecule has 4 nitrogen and oxygen atoms in total. The van der Waals surface area contributed by atoms with Crippen molar-refractivity contribution in [2.75, 3.05) is 33.0 Å². The maximum Gasteiger partial charge on any atom is 0.340 e. The lowest BCUT2D eigenvalue weighted by atomic mass is 10.2. The van der Waals surface area contributed by atoms with Gasteiger partial charge in [-0.05, 0) is 32.6 Å². The van der Waals surface area contributed by atoms with Gasteiger partial charge in [-0.15, -0.1) is 0 Å². The number of ether oxygens (including phenoxy) is 1. The number of nitrogen functional groups attached to an aromatic ring is 1. The van der Waals surface area contributed by atoms with Gasteiger partial charge in [-0.2, -0.15) is 0 Å². The topological polar surface area (TPSA) is 55.6 Å². The number of hydrogen-bond acceptors (Lipinski definition) is 4. The quantitative estimate of drug-likeness (QED) is 0.464. The lowest BCUT2D eigenvalue weighted by molar-refractivity contribution is 0.0494. The van der Waals surface area contributed by atoms with Crippen LogP contribution in [0, 0.1) is 0 Å². The molecule has 0 saturated carbocycles. The highest BCUT2D eigenvalue weighted by atomic mass is 16.5. The van der Waals surface area contributed by atoms with Crippen LogP contribution in [-0.4, -0.2) is 38.1 Å². The first-order valence-corrected chi connectivity index (χ1v) is 5.27. The normalized spacial score (nSPS) is 10.4. The first kappa shape index (κ1) is 12.5. The lowest BCUT2D eigenvalue weighted by Gasteiger charge is -2.10. The number of anilines is 1. The number of rotatable bonds is 5. The van der Waals surface area contributed by atoms with E-state index in [-0.39, 0.29) is 5.97 Å². The molecule has 16 heavy (non-hydrogen) atoms. The standard InChI is InChI=1S/C12H18N2O2/c1-14(2)8-5-9-16-12(15)10-6-3-4-7-11(10)13/h3-4,6-7H,5,8-9,13H2,1-2H3. The summed E-state index contributed by atoms with van der Waals surface area (Å²) in [6.07, 6.45) is 0.825. The van der Waals surface area contributed by atoms with Crippen molar-refractivity contribution >= 4 is 11.7 Å². The molecule has 0 fully saturated rings. The van der Waals surface area contributed by atoms with Crippen LogP contribution in [0.2, 0.25) is 0 Å². The Hall–Kier alpha value is -1.55. The van der Waals surface area contributed by atoms with E-state index < -0.39 is 0 Å². The number of nitrogens with zero attached hydrogens (tertiary/aromatic N) is 1. The molecule has 0 spiro atoms. The van der Waals surface area contributed by atoms with Crippen molar-refractivity contribution in [3.63, 3.8) is 0 Å². The zero-order valence-electron chi connectivity index (χ0n) is 9.77. The number of hydrogen-bond donors (Lipinski definition) is 1. The van der Waals surface area contributed by atoms with Gasteiger partial charge in [0.1, 0.15) is 0 Å². The van der Waals surface area contributed by atoms with E-state index in [4.69, 9.17) is 10.5 Å². The molecule has 0 saturated heterocycles. The lowest BCUT2D eigenvalue weighted by Crippen LogP contribution is -2.16. The summed E-state index contributed by atoms with van der Waals surface area (Å²) in [5.41, 5.74) is 6.56. The van der Waals surface area contributed by atoms with Gasteiger partial charge in [0, 0.05) is 12.2 Å². The third kappa shape index (κ3) is 3.90. The van der Waals surface area contributed by atoms with Crippen LogP contribution in [0.4, 0.5) is 5.69 Å². The second kappa shape index (κ2) is 6.12. The Morgan fingerprint density at radius 3 is 2.69 bits per heavy atom. The van der Waals surface area contributed by atoms with Crippen molar-refractivity contribution in [2.45, 2.75) is 6.42 Å². The highest BCUT2D eigenvalue weighted by Gasteiger charge is 2.09. The van der Waals surface area contributed by atoms with Crippen LogP contribution in [0.15, 0.2) is 24.3 Å². The molecule has 0 unspecified atom stereocenters. The summed E-state index contributed by atoms with van der Waals surface area (Å²) < 4.78 is 5.11. The molecule has 1 aromatic rings. The van der Waals surface area contributed by atoms with Gasteiger partial charge in [-0.25, -0.2) is 4.79 Å². The van der Waals surface area contributed by atoms with Crippen molar-refractivity contribution in [3.05, 3.63) is 29.8 Å². The summed E-state index contributed by atoms with van der Waals surface area (Å²) in [5.74, 6) is -0.350. The first-order valence-electron chi connectivity index (χ1n) is 5.27. The average Bonchev–Trinajstić information content (AvgIpc) is 2.24. The van der Waals surface area contributed by atoms with Crippen molar-refractivity contribution in [1.82, 2.24) is 4.90 Å². The van der Waals surface area contributed by atoms with Gasteiger partial charge < -0.3 is 15.4 Å². The molecular weight excluding hydrogens is 204 g/mol. The molecule has 0 bridgehead atoms. The van der Waals surface area contributed by atoms with Gasteiger partial charge >= 0.3 is 5.97 Å². The molecule has 88 valence electrons. The third-order valence-corrected chi connectivity index (χ3v) is 2.16. The van der Waals surface area contributed by atoms with E-state index in [1.165, 1.54) is 0 Å². The number of benzene rings is 1. The molecule has 2 N–H and O–H groups in total. The second-order valence-electron chi connectivity index (χ2n) is 3.88. The Kier molecular flexibility index (Phi) is 4.79. The van der Waals surface area contributed by atoms with Gasteiger partial charge in [0.25, 0.3) is 0 Å². The second-order valence-corrected chi connectivity index (χ2v) is 3.88. The van der Waals surface area contributed by atoms with E-state index in [2.05, 4.69) is 0 Å². The zero-order valence-corrected chi connectivity index (χ0v) is 9.77. The molecule has 0 heterocycles. The van der Waals surface area contributed by atoms with Crippen LogP contribution in [-0.2, 0) is 4.74 Å². The average molecular weight is 222 g/mol. The van der Waals surface area contributed by atoms with Crippen molar-refractivity contribution in [1.29, 1.82) is 0 Å². The van der Waals surface area contributed by atoms with Crippen molar-refractivity contribution < 1.29 is 9.53 Å². The van der Waals surface area contributed by atoms with Crippen LogP contribution in [0.1, 0.15) is 16.8 Å². The molecule has 0 aromatic heterocycles. The summed E-state index contributed by atoms with van der Waals surface area (Å²) in [5, 5.41) is 0. The van der Waals surface area contributed by atoms with Crippen molar-refractivity contribution in [2.24, 2.45) is 0 Å². The van der Waals surface area contributed by atoms with Crippen LogP contribution in [0.25, 0.3) is 0 Å². The molecule has 0 aliphatic heterocycles. The molecular formula is C12H18N2O2. The van der Waals surface area contributed by atoms with E-state index in [1.807, 2.05) is 19.0 Å². The summed E-state index contributed by atoms with van der Waals surface area (Å²) in [4.78, 5) is 13.6. The van der Waals surface area contributed by atoms with Crippen LogP contribution in [0.5, 0.6) is 0 Å². The first-order chi connectivity index (χ1) is 7.61. The molecule has 0 radical (unpaired) electrons.